The summed E-state index contributed by atoms with van der Waals surface area (Å²) in [7, 11) is 0. The molecule has 0 N–H and O–H groups in total. The molecule has 2 aromatic carbocycles. The zero-order valence-electron chi connectivity index (χ0n) is 15.4. The van der Waals surface area contributed by atoms with Gasteiger partial charge in [-0.25, -0.2) is 0 Å². The second-order valence-corrected chi connectivity index (χ2v) is 6.60. The topological polar surface area (TPSA) is 68.5 Å². The van der Waals surface area contributed by atoms with Crippen molar-refractivity contribution in [2.45, 2.75) is 26.2 Å². The van der Waals surface area contributed by atoms with Crippen LogP contribution in [0.15, 0.2) is 53.1 Å². The number of aromatic nitrogens is 2. The van der Waals surface area contributed by atoms with Crippen molar-refractivity contribution in [3.63, 3.8) is 0 Å². The van der Waals surface area contributed by atoms with Crippen LogP contribution in [0.25, 0.3) is 11.4 Å². The van der Waals surface area contributed by atoms with Crippen molar-refractivity contribution in [2.24, 2.45) is 0 Å². The largest absolute Gasteiger partial charge is 0.494 e. The van der Waals surface area contributed by atoms with Crippen LogP contribution < -0.4 is 9.64 Å². The summed E-state index contributed by atoms with van der Waals surface area (Å²) < 4.78 is 10.9. The van der Waals surface area contributed by atoms with Gasteiger partial charge in [0.1, 0.15) is 5.75 Å². The van der Waals surface area contributed by atoms with Gasteiger partial charge in [-0.2, -0.15) is 4.98 Å². The average molecular weight is 363 g/mol. The molecule has 6 heteroatoms. The summed E-state index contributed by atoms with van der Waals surface area (Å²) in [5, 5.41) is 4.11. The van der Waals surface area contributed by atoms with Crippen LogP contribution in [0.3, 0.4) is 0 Å². The molecule has 27 heavy (non-hydrogen) atoms. The van der Waals surface area contributed by atoms with E-state index in [-0.39, 0.29) is 11.8 Å². The first-order valence-electron chi connectivity index (χ1n) is 9.08. The molecule has 3 aromatic rings. The molecule has 0 unspecified atom stereocenters. The van der Waals surface area contributed by atoms with E-state index in [2.05, 4.69) is 10.1 Å². The molecule has 1 aliphatic rings. The average Bonchev–Trinajstić information content (AvgIpc) is 3.30. The molecule has 0 radical (unpaired) electrons. The second kappa shape index (κ2) is 7.23. The van der Waals surface area contributed by atoms with Gasteiger partial charge >= 0.3 is 0 Å². The Morgan fingerprint density at radius 2 is 1.96 bits per heavy atom. The summed E-state index contributed by atoms with van der Waals surface area (Å²) in [6.45, 7) is 5.10. The molecule has 0 spiro atoms. The number of anilines is 1. The van der Waals surface area contributed by atoms with Crippen LogP contribution in [0.5, 0.6) is 5.75 Å². The van der Waals surface area contributed by atoms with Gasteiger partial charge < -0.3 is 14.2 Å². The third kappa shape index (κ3) is 3.43. The number of amides is 1. The van der Waals surface area contributed by atoms with E-state index in [1.807, 2.05) is 62.4 Å². The smallest absolute Gasteiger partial charge is 0.232 e. The van der Waals surface area contributed by atoms with Crippen LogP contribution in [0.4, 0.5) is 5.69 Å². The van der Waals surface area contributed by atoms with Gasteiger partial charge in [-0.1, -0.05) is 29.4 Å². The van der Waals surface area contributed by atoms with E-state index in [1.54, 1.807) is 4.90 Å². The van der Waals surface area contributed by atoms with E-state index in [1.165, 1.54) is 0 Å². The lowest BCUT2D eigenvalue weighted by atomic mass is 10.1. The van der Waals surface area contributed by atoms with E-state index in [9.17, 15) is 4.79 Å². The molecule has 1 aliphatic heterocycles. The second-order valence-electron chi connectivity index (χ2n) is 6.60. The highest BCUT2D eigenvalue weighted by Gasteiger charge is 2.35. The minimum Gasteiger partial charge on any atom is -0.494 e. The Kier molecular flexibility index (Phi) is 4.62. The van der Waals surface area contributed by atoms with E-state index in [0.29, 0.717) is 31.3 Å². The molecular formula is C21H21N3O3. The molecule has 0 aliphatic carbocycles. The fourth-order valence-electron chi connectivity index (χ4n) is 3.35. The van der Waals surface area contributed by atoms with Crippen molar-refractivity contribution in [1.82, 2.24) is 10.1 Å². The fraction of sp³-hybridized carbons (Fsp3) is 0.286. The fourth-order valence-corrected chi connectivity index (χ4v) is 3.35. The molecule has 1 saturated heterocycles. The molecule has 4 rings (SSSR count). The molecule has 138 valence electrons. The number of aryl methyl sites for hydroxylation is 1. The van der Waals surface area contributed by atoms with Gasteiger partial charge in [-0.05, 0) is 43.7 Å². The summed E-state index contributed by atoms with van der Waals surface area (Å²) in [5.41, 5.74) is 2.88. The van der Waals surface area contributed by atoms with Gasteiger partial charge in [0.15, 0.2) is 0 Å². The third-order valence-corrected chi connectivity index (χ3v) is 4.76. The summed E-state index contributed by atoms with van der Waals surface area (Å²) in [6.07, 6.45) is 0.364. The van der Waals surface area contributed by atoms with Crippen LogP contribution in [-0.4, -0.2) is 29.2 Å². The lowest BCUT2D eigenvalue weighted by molar-refractivity contribution is -0.117. The maximum absolute atomic E-state index is 12.5. The van der Waals surface area contributed by atoms with Crippen LogP contribution in [0.1, 0.15) is 30.7 Å². The van der Waals surface area contributed by atoms with E-state index < -0.39 is 0 Å². The van der Waals surface area contributed by atoms with Crippen molar-refractivity contribution in [2.75, 3.05) is 18.1 Å². The molecule has 0 bridgehead atoms. The molecule has 2 heterocycles. The Labute approximate surface area is 157 Å². The molecule has 1 aromatic heterocycles. The molecule has 0 saturated carbocycles. The highest BCUT2D eigenvalue weighted by Crippen LogP contribution is 2.33. The first-order chi connectivity index (χ1) is 13.2. The molecular weight excluding hydrogens is 342 g/mol. The predicted molar refractivity (Wildman–Crippen MR) is 102 cm³/mol. The van der Waals surface area contributed by atoms with Crippen LogP contribution in [-0.2, 0) is 4.79 Å². The highest BCUT2D eigenvalue weighted by atomic mass is 16.5. The summed E-state index contributed by atoms with van der Waals surface area (Å²) >= 11 is 0. The number of rotatable bonds is 5. The van der Waals surface area contributed by atoms with Crippen LogP contribution >= 0.6 is 0 Å². The number of carbonyl (C=O) groups excluding carboxylic acids is 1. The van der Waals surface area contributed by atoms with Crippen molar-refractivity contribution in [3.05, 3.63) is 60.0 Å². The first kappa shape index (κ1) is 17.3. The number of nitrogens with zero attached hydrogens (tertiary/aromatic N) is 3. The number of benzene rings is 2. The zero-order valence-corrected chi connectivity index (χ0v) is 15.4. The molecule has 1 fully saturated rings. The molecule has 1 amide bonds. The number of hydrogen-bond donors (Lipinski definition) is 0. The van der Waals surface area contributed by atoms with Gasteiger partial charge in [0.25, 0.3) is 0 Å². The van der Waals surface area contributed by atoms with Gasteiger partial charge in [-0.3, -0.25) is 4.79 Å². The molecule has 1 atom stereocenters. The minimum absolute atomic E-state index is 0.0554. The van der Waals surface area contributed by atoms with Crippen molar-refractivity contribution in [1.29, 1.82) is 0 Å². The van der Waals surface area contributed by atoms with Crippen LogP contribution in [0.2, 0.25) is 0 Å². The number of carbonyl (C=O) groups is 1. The Bertz CT molecular complexity index is 949. The normalized spacial score (nSPS) is 16.7. The minimum atomic E-state index is -0.102. The predicted octanol–water partition coefficient (Wildman–Crippen LogP) is 3.96. The summed E-state index contributed by atoms with van der Waals surface area (Å²) in [6, 6.07) is 15.5. The van der Waals surface area contributed by atoms with E-state index in [0.717, 1.165) is 22.6 Å². The third-order valence-electron chi connectivity index (χ3n) is 4.76. The Balaban J connectivity index is 1.52. The van der Waals surface area contributed by atoms with Crippen molar-refractivity contribution < 1.29 is 14.1 Å². The lowest BCUT2D eigenvalue weighted by Crippen LogP contribution is -2.24. The van der Waals surface area contributed by atoms with E-state index >= 15 is 0 Å². The Hall–Kier alpha value is -3.15. The number of ether oxygens (including phenoxy) is 1. The van der Waals surface area contributed by atoms with Gasteiger partial charge in [-0.15, -0.1) is 0 Å². The quantitative estimate of drug-likeness (QED) is 0.686. The van der Waals surface area contributed by atoms with Gasteiger partial charge in [0.2, 0.25) is 17.6 Å². The van der Waals surface area contributed by atoms with Crippen molar-refractivity contribution in [3.8, 4) is 17.1 Å². The lowest BCUT2D eigenvalue weighted by Gasteiger charge is -2.16. The Morgan fingerprint density at radius 3 is 2.70 bits per heavy atom. The van der Waals surface area contributed by atoms with E-state index in [4.69, 9.17) is 9.26 Å². The summed E-state index contributed by atoms with van der Waals surface area (Å²) in [4.78, 5) is 18.8. The summed E-state index contributed by atoms with van der Waals surface area (Å²) in [5.74, 6) is 1.82. The zero-order chi connectivity index (χ0) is 18.8. The molecule has 6 nitrogen and oxygen atoms in total. The number of hydrogen-bond acceptors (Lipinski definition) is 5. The first-order valence-corrected chi connectivity index (χ1v) is 9.08. The SMILES string of the molecule is CCOc1ccc(N2C[C@H](c3nc(-c4ccccc4C)no3)CC2=O)cc1. The standard InChI is InChI=1S/C21H21N3O3/c1-3-26-17-10-8-16(9-11-17)24-13-15(12-19(24)25)21-22-20(23-27-21)18-7-5-4-6-14(18)2/h4-11,15H,3,12-13H2,1-2H3/t15-/m1/s1. The maximum atomic E-state index is 12.5. The maximum Gasteiger partial charge on any atom is 0.232 e. The van der Waals surface area contributed by atoms with Crippen LogP contribution in [0, 0.1) is 6.92 Å². The van der Waals surface area contributed by atoms with Gasteiger partial charge in [0, 0.05) is 24.2 Å². The monoisotopic (exact) mass is 363 g/mol. The highest BCUT2D eigenvalue weighted by molar-refractivity contribution is 5.96. The van der Waals surface area contributed by atoms with Gasteiger partial charge in [0.05, 0.1) is 12.5 Å². The Morgan fingerprint density at radius 1 is 1.19 bits per heavy atom. The van der Waals surface area contributed by atoms with Crippen molar-refractivity contribution >= 4 is 11.6 Å².